The molecular weight excluding hydrogens is 348 g/mol. The monoisotopic (exact) mass is 368 g/mol. The summed E-state index contributed by atoms with van der Waals surface area (Å²) in [4.78, 5) is 34.7. The SMILES string of the molecule is Cc1ccc([N+](=O)[O-])cc1C(=O)OCC(=O)NC1CCCc2ccccc21. The Morgan fingerprint density at radius 2 is 2.04 bits per heavy atom. The van der Waals surface area contributed by atoms with Gasteiger partial charge in [-0.3, -0.25) is 14.9 Å². The van der Waals surface area contributed by atoms with Crippen LogP contribution in [-0.2, 0) is 16.0 Å². The summed E-state index contributed by atoms with van der Waals surface area (Å²) in [5, 5.41) is 13.8. The molecule has 0 spiro atoms. The zero-order valence-corrected chi connectivity index (χ0v) is 14.9. The summed E-state index contributed by atoms with van der Waals surface area (Å²) < 4.78 is 5.06. The first-order valence-corrected chi connectivity index (χ1v) is 8.75. The van der Waals surface area contributed by atoms with Gasteiger partial charge in [-0.1, -0.05) is 30.3 Å². The molecule has 0 radical (unpaired) electrons. The van der Waals surface area contributed by atoms with Gasteiger partial charge in [-0.2, -0.15) is 0 Å². The largest absolute Gasteiger partial charge is 0.452 e. The lowest BCUT2D eigenvalue weighted by atomic mass is 9.88. The summed E-state index contributed by atoms with van der Waals surface area (Å²) >= 11 is 0. The van der Waals surface area contributed by atoms with Gasteiger partial charge in [0.15, 0.2) is 6.61 Å². The minimum atomic E-state index is -0.754. The Hall–Kier alpha value is -3.22. The van der Waals surface area contributed by atoms with Gasteiger partial charge in [-0.25, -0.2) is 4.79 Å². The number of hydrogen-bond donors (Lipinski definition) is 1. The molecule has 3 rings (SSSR count). The van der Waals surface area contributed by atoms with Crippen LogP contribution in [0.1, 0.15) is 45.9 Å². The zero-order chi connectivity index (χ0) is 19.4. The number of fused-ring (bicyclic) bond motifs is 1. The number of nitrogens with zero attached hydrogens (tertiary/aromatic N) is 1. The molecule has 1 aliphatic carbocycles. The molecule has 0 aliphatic heterocycles. The van der Waals surface area contributed by atoms with Crippen LogP contribution in [-0.4, -0.2) is 23.4 Å². The third-order valence-corrected chi connectivity index (χ3v) is 4.69. The summed E-state index contributed by atoms with van der Waals surface area (Å²) in [5.41, 5.74) is 2.75. The minimum absolute atomic E-state index is 0.0833. The number of esters is 1. The molecule has 0 fully saturated rings. The summed E-state index contributed by atoms with van der Waals surface area (Å²) in [6, 6.07) is 11.8. The molecule has 0 heterocycles. The lowest BCUT2D eigenvalue weighted by Crippen LogP contribution is -2.34. The predicted molar refractivity (Wildman–Crippen MR) is 98.4 cm³/mol. The summed E-state index contributed by atoms with van der Waals surface area (Å²) in [7, 11) is 0. The Bertz CT molecular complexity index is 894. The Balaban J connectivity index is 1.61. The van der Waals surface area contributed by atoms with Crippen molar-refractivity contribution in [1.29, 1.82) is 0 Å². The number of rotatable bonds is 5. The number of nitro benzene ring substituents is 1. The molecule has 0 saturated heterocycles. The summed E-state index contributed by atoms with van der Waals surface area (Å²) in [6.45, 7) is 1.22. The van der Waals surface area contributed by atoms with Crippen LogP contribution in [0.3, 0.4) is 0 Å². The van der Waals surface area contributed by atoms with Gasteiger partial charge in [0.2, 0.25) is 0 Å². The molecule has 1 atom stereocenters. The fourth-order valence-electron chi connectivity index (χ4n) is 3.29. The molecule has 1 amide bonds. The van der Waals surface area contributed by atoms with Crippen LogP contribution in [0, 0.1) is 17.0 Å². The van der Waals surface area contributed by atoms with E-state index in [-0.39, 0.29) is 17.3 Å². The van der Waals surface area contributed by atoms with Crippen LogP contribution in [0.5, 0.6) is 0 Å². The average Bonchev–Trinajstić information content (AvgIpc) is 2.66. The Kier molecular flexibility index (Phi) is 5.49. The van der Waals surface area contributed by atoms with E-state index in [2.05, 4.69) is 11.4 Å². The highest BCUT2D eigenvalue weighted by Crippen LogP contribution is 2.29. The zero-order valence-electron chi connectivity index (χ0n) is 14.9. The van der Waals surface area contributed by atoms with Gasteiger partial charge in [0, 0.05) is 12.1 Å². The minimum Gasteiger partial charge on any atom is -0.452 e. The fraction of sp³-hybridized carbons (Fsp3) is 0.300. The van der Waals surface area contributed by atoms with Gasteiger partial charge in [0.25, 0.3) is 11.6 Å². The van der Waals surface area contributed by atoms with Gasteiger partial charge in [-0.05, 0) is 42.9 Å². The van der Waals surface area contributed by atoms with Crippen LogP contribution >= 0.6 is 0 Å². The summed E-state index contributed by atoms with van der Waals surface area (Å²) in [5.74, 6) is -1.15. The molecular formula is C20H20N2O5. The Morgan fingerprint density at radius 3 is 2.81 bits per heavy atom. The van der Waals surface area contributed by atoms with E-state index in [1.54, 1.807) is 6.92 Å². The smallest absolute Gasteiger partial charge is 0.339 e. The number of non-ortho nitro benzene ring substituents is 1. The first kappa shape index (κ1) is 18.6. The molecule has 7 nitrogen and oxygen atoms in total. The lowest BCUT2D eigenvalue weighted by Gasteiger charge is -2.26. The standard InChI is InChI=1S/C20H20N2O5/c1-13-9-10-15(22(25)26)11-17(13)20(24)27-12-19(23)21-18-8-4-6-14-5-2-3-7-16(14)18/h2-3,5,7,9-11,18H,4,6,8,12H2,1H3,(H,21,23). The molecule has 1 aliphatic rings. The topological polar surface area (TPSA) is 98.5 Å². The highest BCUT2D eigenvalue weighted by Gasteiger charge is 2.22. The number of nitrogens with one attached hydrogen (secondary N) is 1. The van der Waals surface area contributed by atoms with Crippen LogP contribution in [0.4, 0.5) is 5.69 Å². The van der Waals surface area contributed by atoms with Gasteiger partial charge in [0.05, 0.1) is 16.5 Å². The number of amides is 1. The van der Waals surface area contributed by atoms with E-state index in [0.717, 1.165) is 30.9 Å². The quantitative estimate of drug-likeness (QED) is 0.496. The van der Waals surface area contributed by atoms with Crippen molar-refractivity contribution >= 4 is 17.6 Å². The second kappa shape index (κ2) is 7.99. The number of benzene rings is 2. The van der Waals surface area contributed by atoms with E-state index in [4.69, 9.17) is 4.74 Å². The molecule has 2 aromatic rings. The maximum Gasteiger partial charge on any atom is 0.339 e. The lowest BCUT2D eigenvalue weighted by molar-refractivity contribution is -0.384. The molecule has 27 heavy (non-hydrogen) atoms. The van der Waals surface area contributed by atoms with Crippen molar-refractivity contribution in [2.75, 3.05) is 6.61 Å². The van der Waals surface area contributed by atoms with Crippen LogP contribution in [0.15, 0.2) is 42.5 Å². The highest BCUT2D eigenvalue weighted by atomic mass is 16.6. The van der Waals surface area contributed by atoms with E-state index >= 15 is 0 Å². The second-order valence-electron chi connectivity index (χ2n) is 6.54. The Labute approximate surface area is 156 Å². The number of carbonyl (C=O) groups is 2. The molecule has 1 unspecified atom stereocenters. The van der Waals surface area contributed by atoms with Crippen molar-refractivity contribution in [2.24, 2.45) is 0 Å². The number of hydrogen-bond acceptors (Lipinski definition) is 5. The first-order valence-electron chi connectivity index (χ1n) is 8.75. The Morgan fingerprint density at radius 1 is 1.26 bits per heavy atom. The van der Waals surface area contributed by atoms with Crippen LogP contribution < -0.4 is 5.32 Å². The average molecular weight is 368 g/mol. The normalized spacial score (nSPS) is 15.5. The van der Waals surface area contributed by atoms with Gasteiger partial charge >= 0.3 is 5.97 Å². The van der Waals surface area contributed by atoms with Crippen molar-refractivity contribution in [2.45, 2.75) is 32.2 Å². The van der Waals surface area contributed by atoms with Crippen molar-refractivity contribution < 1.29 is 19.2 Å². The molecule has 0 aromatic heterocycles. The van der Waals surface area contributed by atoms with Crippen LogP contribution in [0.2, 0.25) is 0 Å². The number of carbonyl (C=O) groups excluding carboxylic acids is 2. The fourth-order valence-corrected chi connectivity index (χ4v) is 3.29. The van der Waals surface area contributed by atoms with Crippen molar-refractivity contribution in [3.63, 3.8) is 0 Å². The van der Waals surface area contributed by atoms with Crippen molar-refractivity contribution in [3.8, 4) is 0 Å². The van der Waals surface area contributed by atoms with Gasteiger partial charge < -0.3 is 10.1 Å². The van der Waals surface area contributed by atoms with E-state index in [1.807, 2.05) is 18.2 Å². The second-order valence-corrected chi connectivity index (χ2v) is 6.54. The van der Waals surface area contributed by atoms with Crippen molar-refractivity contribution in [3.05, 3.63) is 74.8 Å². The van der Waals surface area contributed by atoms with E-state index in [9.17, 15) is 19.7 Å². The molecule has 140 valence electrons. The molecule has 0 saturated carbocycles. The summed E-state index contributed by atoms with van der Waals surface area (Å²) in [6.07, 6.45) is 2.80. The molecule has 1 N–H and O–H groups in total. The van der Waals surface area contributed by atoms with Gasteiger partial charge in [-0.15, -0.1) is 0 Å². The maximum absolute atomic E-state index is 12.2. The third-order valence-electron chi connectivity index (χ3n) is 4.69. The predicted octanol–water partition coefficient (Wildman–Crippen LogP) is 3.25. The number of nitro groups is 1. The number of aryl methyl sites for hydroxylation is 2. The molecule has 7 heteroatoms. The highest BCUT2D eigenvalue weighted by molar-refractivity contribution is 5.93. The van der Waals surface area contributed by atoms with Crippen molar-refractivity contribution in [1.82, 2.24) is 5.32 Å². The van der Waals surface area contributed by atoms with Gasteiger partial charge in [0.1, 0.15) is 0 Å². The van der Waals surface area contributed by atoms with E-state index in [1.165, 1.54) is 17.7 Å². The van der Waals surface area contributed by atoms with Crippen LogP contribution in [0.25, 0.3) is 0 Å². The molecule has 2 aromatic carbocycles. The molecule has 0 bridgehead atoms. The maximum atomic E-state index is 12.2. The number of ether oxygens (including phenoxy) is 1. The van der Waals surface area contributed by atoms with E-state index in [0.29, 0.717) is 5.56 Å². The van der Waals surface area contributed by atoms with E-state index < -0.39 is 23.4 Å². The first-order chi connectivity index (χ1) is 13.0. The third kappa shape index (κ3) is 4.31.